The first-order valence-corrected chi connectivity index (χ1v) is 8.62. The quantitative estimate of drug-likeness (QED) is 0.909. The third-order valence-corrected chi connectivity index (χ3v) is 4.91. The number of nitrogens with one attached hydrogen (secondary N) is 1. The maximum absolute atomic E-state index is 12.7. The average Bonchev–Trinajstić information content (AvgIpc) is 3.23. The number of anilines is 1. The van der Waals surface area contributed by atoms with Gasteiger partial charge >= 0.3 is 0 Å². The molecule has 2 amide bonds. The lowest BCUT2D eigenvalue weighted by Gasteiger charge is -2.28. The number of carbonyl (C=O) groups excluding carboxylic acids is 2. The van der Waals surface area contributed by atoms with E-state index in [4.69, 9.17) is 0 Å². The van der Waals surface area contributed by atoms with Gasteiger partial charge in [0.15, 0.2) is 5.13 Å². The van der Waals surface area contributed by atoms with Gasteiger partial charge in [0.1, 0.15) is 6.54 Å². The average molecular weight is 307 g/mol. The molecule has 114 valence electrons. The Hall–Kier alpha value is -1.43. The van der Waals surface area contributed by atoms with Crippen LogP contribution in [0.3, 0.4) is 0 Å². The fourth-order valence-corrected chi connectivity index (χ4v) is 3.50. The summed E-state index contributed by atoms with van der Waals surface area (Å²) in [5.74, 6) is 0.180. The molecule has 2 aliphatic rings. The topological polar surface area (TPSA) is 62.3 Å². The second-order valence-corrected chi connectivity index (χ2v) is 6.81. The second-order valence-electron chi connectivity index (χ2n) is 5.92. The SMILES string of the molecule is O=C(CN(C(=O)C1CCCCC1)C1CC1)Nc1nccs1. The fourth-order valence-electron chi connectivity index (χ4n) is 2.96. The van der Waals surface area contributed by atoms with Crippen LogP contribution in [0.15, 0.2) is 11.6 Å². The highest BCUT2D eigenvalue weighted by Gasteiger charge is 2.37. The normalized spacial score (nSPS) is 19.2. The molecule has 0 atom stereocenters. The van der Waals surface area contributed by atoms with E-state index in [1.165, 1.54) is 17.8 Å². The summed E-state index contributed by atoms with van der Waals surface area (Å²) in [5.41, 5.74) is 0. The van der Waals surface area contributed by atoms with Crippen molar-refractivity contribution in [1.29, 1.82) is 0 Å². The van der Waals surface area contributed by atoms with Crippen molar-refractivity contribution < 1.29 is 9.59 Å². The summed E-state index contributed by atoms with van der Waals surface area (Å²) in [6.07, 6.45) is 9.20. The number of thiazole rings is 1. The van der Waals surface area contributed by atoms with Crippen LogP contribution in [-0.2, 0) is 9.59 Å². The highest BCUT2D eigenvalue weighted by molar-refractivity contribution is 7.13. The number of nitrogens with zero attached hydrogens (tertiary/aromatic N) is 2. The zero-order valence-electron chi connectivity index (χ0n) is 12.1. The smallest absolute Gasteiger partial charge is 0.245 e. The van der Waals surface area contributed by atoms with Crippen LogP contribution >= 0.6 is 11.3 Å². The van der Waals surface area contributed by atoms with E-state index in [1.54, 1.807) is 11.1 Å². The molecular weight excluding hydrogens is 286 g/mol. The molecule has 5 nitrogen and oxygen atoms in total. The molecule has 0 radical (unpaired) electrons. The van der Waals surface area contributed by atoms with E-state index >= 15 is 0 Å². The summed E-state index contributed by atoms with van der Waals surface area (Å²) in [6, 6.07) is 0.279. The Morgan fingerprint density at radius 2 is 2.00 bits per heavy atom. The number of carbonyl (C=O) groups is 2. The Balaban J connectivity index is 1.58. The highest BCUT2D eigenvalue weighted by Crippen LogP contribution is 2.32. The van der Waals surface area contributed by atoms with E-state index in [0.29, 0.717) is 5.13 Å². The van der Waals surface area contributed by atoms with Crippen LogP contribution in [0.2, 0.25) is 0 Å². The van der Waals surface area contributed by atoms with Gasteiger partial charge in [0.05, 0.1) is 0 Å². The molecule has 3 rings (SSSR count). The number of aromatic nitrogens is 1. The number of hydrogen-bond acceptors (Lipinski definition) is 4. The second kappa shape index (κ2) is 6.56. The molecule has 1 aromatic heterocycles. The monoisotopic (exact) mass is 307 g/mol. The first kappa shape index (κ1) is 14.5. The molecular formula is C15H21N3O2S. The minimum atomic E-state index is -0.138. The van der Waals surface area contributed by atoms with Crippen LogP contribution in [0.25, 0.3) is 0 Å². The molecule has 21 heavy (non-hydrogen) atoms. The molecule has 2 fully saturated rings. The Kier molecular flexibility index (Phi) is 4.53. The molecule has 6 heteroatoms. The first-order chi connectivity index (χ1) is 10.2. The zero-order valence-corrected chi connectivity index (χ0v) is 12.9. The summed E-state index contributed by atoms with van der Waals surface area (Å²) >= 11 is 1.39. The molecule has 0 aromatic carbocycles. The van der Waals surface area contributed by atoms with Crippen molar-refractivity contribution in [3.8, 4) is 0 Å². The number of rotatable bonds is 5. The van der Waals surface area contributed by atoms with Crippen LogP contribution in [0.1, 0.15) is 44.9 Å². The lowest BCUT2D eigenvalue weighted by atomic mass is 9.88. The lowest BCUT2D eigenvalue weighted by Crippen LogP contribution is -2.43. The molecule has 1 heterocycles. The summed E-state index contributed by atoms with van der Waals surface area (Å²) in [7, 11) is 0. The Labute approximate surface area is 128 Å². The van der Waals surface area contributed by atoms with E-state index in [9.17, 15) is 9.59 Å². The summed E-state index contributed by atoms with van der Waals surface area (Å²) in [4.78, 5) is 30.6. The van der Waals surface area contributed by atoms with Crippen LogP contribution in [0, 0.1) is 5.92 Å². The highest BCUT2D eigenvalue weighted by atomic mass is 32.1. The van der Waals surface area contributed by atoms with Crippen molar-refractivity contribution in [3.63, 3.8) is 0 Å². The van der Waals surface area contributed by atoms with E-state index in [1.807, 2.05) is 5.38 Å². The largest absolute Gasteiger partial charge is 0.330 e. The van der Waals surface area contributed by atoms with Crippen molar-refractivity contribution in [3.05, 3.63) is 11.6 Å². The minimum Gasteiger partial charge on any atom is -0.330 e. The van der Waals surface area contributed by atoms with E-state index < -0.39 is 0 Å². The van der Waals surface area contributed by atoms with Gasteiger partial charge < -0.3 is 10.2 Å². The van der Waals surface area contributed by atoms with Gasteiger partial charge in [0, 0.05) is 23.5 Å². The van der Waals surface area contributed by atoms with E-state index in [0.717, 1.165) is 38.5 Å². The third-order valence-electron chi connectivity index (χ3n) is 4.22. The van der Waals surface area contributed by atoms with Crippen molar-refractivity contribution in [2.75, 3.05) is 11.9 Å². The van der Waals surface area contributed by atoms with E-state index in [-0.39, 0.29) is 30.3 Å². The number of hydrogen-bond donors (Lipinski definition) is 1. The Bertz CT molecular complexity index is 493. The number of amides is 2. The molecule has 2 aliphatic carbocycles. The van der Waals surface area contributed by atoms with Gasteiger partial charge in [-0.3, -0.25) is 9.59 Å². The molecule has 0 saturated heterocycles. The zero-order chi connectivity index (χ0) is 14.7. The van der Waals surface area contributed by atoms with Gasteiger partial charge in [-0.25, -0.2) is 4.98 Å². The van der Waals surface area contributed by atoms with Crippen molar-refractivity contribution in [2.24, 2.45) is 5.92 Å². The van der Waals surface area contributed by atoms with Gasteiger partial charge in [-0.2, -0.15) is 0 Å². The van der Waals surface area contributed by atoms with E-state index in [2.05, 4.69) is 10.3 Å². The van der Waals surface area contributed by atoms with Crippen LogP contribution in [0.5, 0.6) is 0 Å². The van der Waals surface area contributed by atoms with Crippen molar-refractivity contribution >= 4 is 28.3 Å². The molecule has 0 aliphatic heterocycles. The standard InChI is InChI=1S/C15H21N3O2S/c19-13(17-15-16-8-9-21-15)10-18(12-6-7-12)14(20)11-4-2-1-3-5-11/h8-9,11-12H,1-7,10H2,(H,16,17,19). The van der Waals surface area contributed by atoms with Crippen LogP contribution in [0.4, 0.5) is 5.13 Å². The Morgan fingerprint density at radius 3 is 2.62 bits per heavy atom. The fraction of sp³-hybridized carbons (Fsp3) is 0.667. The predicted molar refractivity (Wildman–Crippen MR) is 82.1 cm³/mol. The van der Waals surface area contributed by atoms with Gasteiger partial charge in [-0.15, -0.1) is 11.3 Å². The molecule has 0 spiro atoms. The Morgan fingerprint density at radius 1 is 1.24 bits per heavy atom. The van der Waals surface area contributed by atoms with Gasteiger partial charge in [0.2, 0.25) is 11.8 Å². The van der Waals surface area contributed by atoms with Gasteiger partial charge in [0.25, 0.3) is 0 Å². The molecule has 0 unspecified atom stereocenters. The predicted octanol–water partition coefficient (Wildman–Crippen LogP) is 2.65. The molecule has 1 N–H and O–H groups in total. The minimum absolute atomic E-state index is 0.131. The van der Waals surface area contributed by atoms with Crippen LogP contribution in [-0.4, -0.2) is 34.3 Å². The summed E-state index contributed by atoms with van der Waals surface area (Å²) in [5, 5.41) is 5.19. The van der Waals surface area contributed by atoms with Crippen molar-refractivity contribution in [1.82, 2.24) is 9.88 Å². The summed E-state index contributed by atoms with van der Waals surface area (Å²) < 4.78 is 0. The van der Waals surface area contributed by atoms with Crippen LogP contribution < -0.4 is 5.32 Å². The maximum atomic E-state index is 12.7. The lowest BCUT2D eigenvalue weighted by molar-refractivity contribution is -0.139. The molecule has 1 aromatic rings. The maximum Gasteiger partial charge on any atom is 0.245 e. The van der Waals surface area contributed by atoms with Crippen molar-refractivity contribution in [2.45, 2.75) is 51.0 Å². The van der Waals surface area contributed by atoms with Gasteiger partial charge in [-0.05, 0) is 25.7 Å². The molecule has 2 saturated carbocycles. The summed E-state index contributed by atoms with van der Waals surface area (Å²) in [6.45, 7) is 0.166. The van der Waals surface area contributed by atoms with Gasteiger partial charge in [-0.1, -0.05) is 19.3 Å². The first-order valence-electron chi connectivity index (χ1n) is 7.74. The third kappa shape index (κ3) is 3.81. The molecule has 0 bridgehead atoms.